The fourth-order valence-electron chi connectivity index (χ4n) is 6.79. The van der Waals surface area contributed by atoms with E-state index in [4.69, 9.17) is 34.3 Å². The van der Waals surface area contributed by atoms with E-state index < -0.39 is 87.6 Å². The minimum atomic E-state index is -4.99. The van der Waals surface area contributed by atoms with Crippen molar-refractivity contribution in [2.24, 2.45) is 11.3 Å². The van der Waals surface area contributed by atoms with Crippen LogP contribution in [0.3, 0.4) is 0 Å². The topological polar surface area (TPSA) is 280 Å². The van der Waals surface area contributed by atoms with E-state index in [1.54, 1.807) is 0 Å². The largest absolute Gasteiger partial charge is 0.472 e. The fraction of sp³-hybridized carbons (Fsp3) is 0.545. The first kappa shape index (κ1) is 30.3. The van der Waals surface area contributed by atoms with Gasteiger partial charge < -0.3 is 35.3 Å². The Bertz CT molecular complexity index is 2050. The summed E-state index contributed by atoms with van der Waals surface area (Å²) in [7, 11) is -4.99. The van der Waals surface area contributed by atoms with E-state index in [0.29, 0.717) is 0 Å². The Morgan fingerprint density at radius 3 is 2.65 bits per heavy atom. The molecule has 11 atom stereocenters. The van der Waals surface area contributed by atoms with Crippen molar-refractivity contribution in [3.63, 3.8) is 0 Å². The molecule has 7 N–H and O–H groups in total. The first-order valence-electron chi connectivity index (χ1n) is 13.7. The highest BCUT2D eigenvalue weighted by Crippen LogP contribution is 2.72. The lowest BCUT2D eigenvalue weighted by atomic mass is 10.0. The van der Waals surface area contributed by atoms with Gasteiger partial charge in [0.1, 0.15) is 36.3 Å². The van der Waals surface area contributed by atoms with Crippen LogP contribution in [0.15, 0.2) is 23.8 Å². The van der Waals surface area contributed by atoms with Crippen LogP contribution in [0.4, 0.5) is 16.2 Å². The second-order valence-electron chi connectivity index (χ2n) is 11.5. The Labute approximate surface area is 260 Å². The number of halogens is 1. The first-order valence-corrected chi connectivity index (χ1v) is 17.9. The molecule has 0 radical (unpaired) electrons. The second-order valence-corrected chi connectivity index (χ2v) is 15.8. The molecule has 20 nitrogen and oxygen atoms in total. The average molecular weight is 703 g/mol. The minimum absolute atomic E-state index is 0.0397. The summed E-state index contributed by atoms with van der Waals surface area (Å²) >= 11 is 4.08. The van der Waals surface area contributed by atoms with Gasteiger partial charge in [-0.1, -0.05) is 12.2 Å². The van der Waals surface area contributed by atoms with Crippen molar-refractivity contribution in [2.45, 2.75) is 49.3 Å². The van der Waals surface area contributed by atoms with Gasteiger partial charge in [0.05, 0.1) is 31.9 Å². The Kier molecular flexibility index (Phi) is 6.74. The van der Waals surface area contributed by atoms with E-state index in [2.05, 4.69) is 42.2 Å². The second kappa shape index (κ2) is 10.2. The molecule has 6 heterocycles. The number of phosphoric ester groups is 1. The van der Waals surface area contributed by atoms with Crippen molar-refractivity contribution < 1.29 is 46.4 Å². The summed E-state index contributed by atoms with van der Waals surface area (Å²) in [5.74, 6) is -0.671. The highest BCUT2D eigenvalue weighted by Gasteiger charge is 2.74. The van der Waals surface area contributed by atoms with E-state index in [1.807, 2.05) is 0 Å². The number of nitrogens with two attached hydrogens (primary N) is 2. The number of aliphatic hydroxyl groups excluding tert-OH is 1. The zero-order valence-electron chi connectivity index (χ0n) is 23.1. The van der Waals surface area contributed by atoms with E-state index in [9.17, 15) is 23.9 Å². The van der Waals surface area contributed by atoms with Crippen LogP contribution >= 0.6 is 26.9 Å². The molecule has 0 amide bonds. The predicted octanol–water partition coefficient (Wildman–Crippen LogP) is 0.237. The van der Waals surface area contributed by atoms with Gasteiger partial charge >= 0.3 is 14.6 Å². The molecule has 8 rings (SSSR count). The first-order chi connectivity index (χ1) is 21.8. The average Bonchev–Trinajstić information content (AvgIpc) is 3.25. The lowest BCUT2D eigenvalue weighted by Crippen LogP contribution is -2.39. The number of nitrogens with zero attached hydrogens (tertiary/aromatic N) is 7. The minimum Gasteiger partial charge on any atom is -0.388 e. The maximum atomic E-state index is 16.0. The molecule has 4 aliphatic rings. The number of nitrogens with one attached hydrogen (secondary N) is 1. The summed E-state index contributed by atoms with van der Waals surface area (Å²) in [6, 6.07) is -0.890. The van der Waals surface area contributed by atoms with Gasteiger partial charge in [-0.3, -0.25) is 27.9 Å². The summed E-state index contributed by atoms with van der Waals surface area (Å²) in [4.78, 5) is 45.7. The smallest absolute Gasteiger partial charge is 0.388 e. The highest BCUT2D eigenvalue weighted by molar-refractivity contribution is 8.44. The number of rotatable bonds is 2. The van der Waals surface area contributed by atoms with Gasteiger partial charge in [0.2, 0.25) is 5.95 Å². The summed E-state index contributed by atoms with van der Waals surface area (Å²) < 4.78 is 73.3. The summed E-state index contributed by atoms with van der Waals surface area (Å²) in [5.41, 5.74) is 10.1. The molecule has 2 unspecified atom stereocenters. The SMILES string of the molecule is Nc1nc2c(ncn2[C@H]2[C@H](O)[C@@H]3OP(=O)(O)OC[C@H]4O[C@@H](n5cnc6c(N)ncnc65)[C@H](F)[C@@H]4O[P@](=O)(S)OCC34C[C@H]24)c(=O)[nH]1. The molecular weight excluding hydrogens is 677 g/mol. The molecule has 0 aromatic carbocycles. The van der Waals surface area contributed by atoms with Crippen molar-refractivity contribution in [3.8, 4) is 0 Å². The van der Waals surface area contributed by atoms with Gasteiger partial charge in [-0.15, -0.1) is 0 Å². The van der Waals surface area contributed by atoms with E-state index >= 15 is 4.39 Å². The number of H-pyrrole nitrogens is 1. The summed E-state index contributed by atoms with van der Waals surface area (Å²) in [5, 5.41) is 11.5. The molecular formula is C22H25FN10O10P2S. The van der Waals surface area contributed by atoms with Crippen LogP contribution in [0, 0.1) is 11.3 Å². The van der Waals surface area contributed by atoms with E-state index in [0.717, 1.165) is 6.33 Å². The van der Waals surface area contributed by atoms with Gasteiger partial charge in [-0.25, -0.2) is 33.5 Å². The number of aliphatic hydroxyl groups is 1. The van der Waals surface area contributed by atoms with Crippen LogP contribution in [-0.2, 0) is 32.0 Å². The molecule has 4 fully saturated rings. The molecule has 246 valence electrons. The van der Waals surface area contributed by atoms with Gasteiger partial charge in [0.15, 0.2) is 35.0 Å². The molecule has 4 aromatic rings. The summed E-state index contributed by atoms with van der Waals surface area (Å²) in [6.07, 6.45) is -5.63. The number of alkyl halides is 1. The number of aromatic nitrogens is 8. The van der Waals surface area contributed by atoms with E-state index in [-0.39, 0.29) is 40.5 Å². The van der Waals surface area contributed by atoms with Crippen molar-refractivity contribution in [1.82, 2.24) is 39.0 Å². The van der Waals surface area contributed by atoms with Crippen LogP contribution in [-0.4, -0.2) is 92.8 Å². The Hall–Kier alpha value is -3.04. The lowest BCUT2D eigenvalue weighted by Gasteiger charge is -2.31. The maximum absolute atomic E-state index is 16.0. The van der Waals surface area contributed by atoms with Crippen LogP contribution in [0.2, 0.25) is 0 Å². The molecule has 46 heavy (non-hydrogen) atoms. The molecule has 2 saturated carbocycles. The third-order valence-electron chi connectivity index (χ3n) is 8.92. The van der Waals surface area contributed by atoms with Gasteiger partial charge in [0.25, 0.3) is 5.56 Å². The molecule has 24 heteroatoms. The quantitative estimate of drug-likeness (QED) is 0.120. The molecule has 2 aliphatic carbocycles. The Balaban J connectivity index is 1.11. The number of imidazole rings is 2. The Morgan fingerprint density at radius 1 is 1.09 bits per heavy atom. The van der Waals surface area contributed by atoms with Gasteiger partial charge in [-0.2, -0.15) is 4.98 Å². The zero-order valence-corrected chi connectivity index (χ0v) is 25.8. The number of hydrogen-bond acceptors (Lipinski definition) is 16. The third-order valence-corrected chi connectivity index (χ3v) is 11.5. The molecule has 1 spiro atoms. The number of nitrogen functional groups attached to an aromatic ring is 2. The number of anilines is 2. The summed E-state index contributed by atoms with van der Waals surface area (Å²) in [6.45, 7) is -5.58. The number of phosphoric acid groups is 1. The van der Waals surface area contributed by atoms with Crippen molar-refractivity contribution in [3.05, 3.63) is 29.3 Å². The highest BCUT2D eigenvalue weighted by atomic mass is 32.7. The number of fused-ring (bicyclic) bond motifs is 3. The fourth-order valence-corrected chi connectivity index (χ4v) is 9.33. The monoisotopic (exact) mass is 702 g/mol. The molecule has 0 bridgehead atoms. The van der Waals surface area contributed by atoms with Crippen LogP contribution in [0.1, 0.15) is 18.7 Å². The number of aromatic amines is 1. The third kappa shape index (κ3) is 4.62. The maximum Gasteiger partial charge on any atom is 0.472 e. The number of hydrogen-bond donors (Lipinski definition) is 6. The predicted molar refractivity (Wildman–Crippen MR) is 155 cm³/mol. The molecule has 2 aliphatic heterocycles. The van der Waals surface area contributed by atoms with Crippen LogP contribution in [0.25, 0.3) is 22.3 Å². The molecule has 4 aromatic heterocycles. The van der Waals surface area contributed by atoms with Crippen molar-refractivity contribution in [2.75, 3.05) is 24.7 Å². The van der Waals surface area contributed by atoms with Crippen molar-refractivity contribution >= 4 is 61.0 Å². The van der Waals surface area contributed by atoms with Gasteiger partial charge in [-0.05, 0) is 12.3 Å². The standard InChI is InChI=1S/C22H25FN10O10P2S/c23-9-14-8(41-20(9)33-6-28-10-16(24)26-4-27-17(10)33)2-39-44(36,37)43-15-13(34)12(7-1-22(7,15)3-40-45(38,46)42-14)32-5-29-11-18(32)30-21(25)31-19(11)35/h4-9,12-15,20,34H,1-3H2,(H,36,37)(H,38,46)(H2,24,26,27)(H3,25,30,31,35)/t7-,8-,9-,12-,13+,14-,15+,20-,22?,45-/m1/s1. The van der Waals surface area contributed by atoms with Gasteiger partial charge in [0, 0.05) is 5.41 Å². The van der Waals surface area contributed by atoms with Crippen LogP contribution < -0.4 is 17.0 Å². The van der Waals surface area contributed by atoms with E-state index in [1.165, 1.54) is 21.8 Å². The Morgan fingerprint density at radius 2 is 1.85 bits per heavy atom. The normalized spacial score (nSPS) is 41.0. The lowest BCUT2D eigenvalue weighted by molar-refractivity contribution is -0.0624. The molecule has 2 saturated heterocycles. The number of ether oxygens (including phenoxy) is 1. The number of thiol groups is 1. The van der Waals surface area contributed by atoms with Crippen LogP contribution in [0.5, 0.6) is 0 Å². The van der Waals surface area contributed by atoms with Crippen molar-refractivity contribution in [1.29, 1.82) is 0 Å². The zero-order chi connectivity index (χ0) is 32.3.